The average molecular weight is 560 g/mol. The maximum Gasteiger partial charge on any atom is 0.217 e. The van der Waals surface area contributed by atoms with Gasteiger partial charge in [-0.3, -0.25) is 4.79 Å². The minimum absolute atomic E-state index is 0.192. The van der Waals surface area contributed by atoms with Gasteiger partial charge in [-0.1, -0.05) is 0 Å². The second-order valence-corrected chi connectivity index (χ2v) is 9.38. The molecule has 0 aromatic heterocycles. The Hall–Kier alpha value is -1.13. The maximum absolute atomic E-state index is 11.7. The van der Waals surface area contributed by atoms with E-state index in [1.807, 2.05) is 0 Å². The van der Waals surface area contributed by atoms with Gasteiger partial charge in [0.15, 0.2) is 18.9 Å². The molecule has 0 unspecified atom stereocenters. The lowest BCUT2D eigenvalue weighted by Crippen LogP contribution is -2.67. The molecule has 0 spiro atoms. The molecule has 17 heteroatoms. The highest BCUT2D eigenvalue weighted by Gasteiger charge is 2.52. The molecule has 38 heavy (non-hydrogen) atoms. The number of carbonyl (C=O) groups is 1. The van der Waals surface area contributed by atoms with E-state index < -0.39 is 111 Å². The zero-order chi connectivity index (χ0) is 28.3. The lowest BCUT2D eigenvalue weighted by Gasteiger charge is -2.47. The van der Waals surface area contributed by atoms with E-state index in [0.717, 1.165) is 6.92 Å². The van der Waals surface area contributed by atoms with Crippen LogP contribution in [0.25, 0.3) is 0 Å². The first-order valence-electron chi connectivity index (χ1n) is 12.0. The molecule has 3 aliphatic heterocycles. The minimum Gasteiger partial charge on any atom is -0.394 e. The van der Waals surface area contributed by atoms with Crippen molar-refractivity contribution in [2.45, 2.75) is 99.0 Å². The summed E-state index contributed by atoms with van der Waals surface area (Å²) in [5.41, 5.74) is 0. The van der Waals surface area contributed by atoms with Crippen molar-refractivity contribution in [2.75, 3.05) is 26.9 Å². The molecule has 0 saturated carbocycles. The fourth-order valence-corrected chi connectivity index (χ4v) is 4.49. The van der Waals surface area contributed by atoms with E-state index in [-0.39, 0.29) is 6.61 Å². The van der Waals surface area contributed by atoms with E-state index in [9.17, 15) is 50.8 Å². The van der Waals surface area contributed by atoms with Crippen molar-refractivity contribution >= 4 is 5.91 Å². The first-order chi connectivity index (χ1) is 17.9. The van der Waals surface area contributed by atoms with Gasteiger partial charge in [0.25, 0.3) is 0 Å². The fraction of sp³-hybridized carbons (Fsp3) is 0.952. The predicted molar refractivity (Wildman–Crippen MR) is 118 cm³/mol. The molecule has 3 aliphatic rings. The number of nitrogens with one attached hydrogen (secondary N) is 1. The number of amides is 1. The Kier molecular flexibility index (Phi) is 11.1. The largest absolute Gasteiger partial charge is 0.394 e. The summed E-state index contributed by atoms with van der Waals surface area (Å²) in [5.74, 6) is -0.628. The van der Waals surface area contributed by atoms with Gasteiger partial charge in [0, 0.05) is 14.0 Å². The number of aliphatic hydroxyl groups excluding tert-OH is 9. The molecule has 15 atom stereocenters. The van der Waals surface area contributed by atoms with Gasteiger partial charge in [-0.15, -0.1) is 0 Å². The Labute approximate surface area is 217 Å². The summed E-state index contributed by atoms with van der Waals surface area (Å²) < 4.78 is 32.7. The van der Waals surface area contributed by atoms with Crippen molar-refractivity contribution in [3.8, 4) is 0 Å². The third-order valence-corrected chi connectivity index (χ3v) is 6.63. The Morgan fingerprint density at radius 1 is 0.737 bits per heavy atom. The second kappa shape index (κ2) is 13.5. The molecule has 0 aromatic rings. The van der Waals surface area contributed by atoms with Crippen LogP contribution in [0.1, 0.15) is 6.92 Å². The number of carbonyl (C=O) groups excluding carboxylic acids is 1. The number of ether oxygens (including phenoxy) is 6. The number of hydrogen-bond donors (Lipinski definition) is 10. The number of hydrogen-bond acceptors (Lipinski definition) is 16. The molecule has 17 nitrogen and oxygen atoms in total. The van der Waals surface area contributed by atoms with Gasteiger partial charge in [0.1, 0.15) is 73.2 Å². The van der Waals surface area contributed by atoms with E-state index >= 15 is 0 Å². The topological polar surface area (TPSA) is 267 Å². The molecular formula is C21H37NO16. The van der Waals surface area contributed by atoms with E-state index in [4.69, 9.17) is 28.4 Å². The van der Waals surface area contributed by atoms with Crippen LogP contribution < -0.4 is 5.32 Å². The van der Waals surface area contributed by atoms with Crippen molar-refractivity contribution < 1.29 is 79.2 Å². The van der Waals surface area contributed by atoms with Crippen molar-refractivity contribution in [3.63, 3.8) is 0 Å². The zero-order valence-electron chi connectivity index (χ0n) is 20.7. The molecule has 222 valence electrons. The van der Waals surface area contributed by atoms with Gasteiger partial charge in [-0.2, -0.15) is 0 Å². The Morgan fingerprint density at radius 2 is 1.32 bits per heavy atom. The third-order valence-electron chi connectivity index (χ3n) is 6.63. The smallest absolute Gasteiger partial charge is 0.217 e. The second-order valence-electron chi connectivity index (χ2n) is 9.38. The van der Waals surface area contributed by atoms with Gasteiger partial charge in [0.2, 0.25) is 5.91 Å². The zero-order valence-corrected chi connectivity index (χ0v) is 20.7. The van der Waals surface area contributed by atoms with Crippen LogP contribution in [-0.4, -0.2) is 171 Å². The van der Waals surface area contributed by atoms with Crippen LogP contribution >= 0.6 is 0 Å². The average Bonchev–Trinajstić information content (AvgIpc) is 2.88. The van der Waals surface area contributed by atoms with Crippen molar-refractivity contribution in [3.05, 3.63) is 0 Å². The highest BCUT2D eigenvalue weighted by molar-refractivity contribution is 5.73. The molecule has 10 N–H and O–H groups in total. The number of methoxy groups -OCH3 is 1. The van der Waals surface area contributed by atoms with Crippen molar-refractivity contribution in [1.29, 1.82) is 0 Å². The van der Waals surface area contributed by atoms with E-state index in [1.165, 1.54) is 7.11 Å². The highest BCUT2D eigenvalue weighted by Crippen LogP contribution is 2.31. The summed E-state index contributed by atoms with van der Waals surface area (Å²) in [6, 6.07) is -1.39. The van der Waals surface area contributed by atoms with Crippen LogP contribution in [0.2, 0.25) is 0 Å². The molecule has 3 heterocycles. The first kappa shape index (κ1) is 31.4. The van der Waals surface area contributed by atoms with Crippen molar-refractivity contribution in [1.82, 2.24) is 5.32 Å². The standard InChI is InChI=1S/C21H37NO16/c1-6(24)22-10-14(28)11(25)7(3-23)36-20(10)38-18-16(30)13(27)8(4-33-2)37-21(18)34-5-9-12(26)15(29)17(31)19(32)35-9/h7-21,23,25-32H,3-5H2,1-2H3,(H,22,24)/t7-,8-,9-,10-,11-,12-,13-,14-,15+,16+,17-,18+,19-,20+,21+/m1/s1. The SMILES string of the molecule is COC[C@H]1O[C@H](OC[C@H]2O[C@@H](O)[C@H](O)[C@@H](O)[C@@H]2O)[C@@H](O[C@@H]2O[C@H](CO)[C@@H](O)[C@H](O)[C@H]2NC(C)=O)[C@@H](O)[C@@H]1O. The molecule has 0 aromatic carbocycles. The molecule has 3 saturated heterocycles. The van der Waals surface area contributed by atoms with Crippen LogP contribution in [0.4, 0.5) is 0 Å². The number of rotatable bonds is 9. The monoisotopic (exact) mass is 559 g/mol. The molecule has 0 aliphatic carbocycles. The van der Waals surface area contributed by atoms with Gasteiger partial charge in [0.05, 0.1) is 19.8 Å². The fourth-order valence-electron chi connectivity index (χ4n) is 4.49. The molecule has 0 radical (unpaired) electrons. The first-order valence-corrected chi connectivity index (χ1v) is 12.0. The van der Waals surface area contributed by atoms with Gasteiger partial charge in [-0.25, -0.2) is 0 Å². The Morgan fingerprint density at radius 3 is 1.92 bits per heavy atom. The predicted octanol–water partition coefficient (Wildman–Crippen LogP) is -6.78. The summed E-state index contributed by atoms with van der Waals surface area (Å²) >= 11 is 0. The Bertz CT molecular complexity index is 763. The lowest BCUT2D eigenvalue weighted by molar-refractivity contribution is -0.362. The highest BCUT2D eigenvalue weighted by atomic mass is 16.8. The summed E-state index contributed by atoms with van der Waals surface area (Å²) in [7, 11) is 1.32. The van der Waals surface area contributed by atoms with E-state index in [2.05, 4.69) is 5.32 Å². The van der Waals surface area contributed by atoms with Gasteiger partial charge >= 0.3 is 0 Å². The van der Waals surface area contributed by atoms with Crippen LogP contribution in [0.15, 0.2) is 0 Å². The Balaban J connectivity index is 1.82. The summed E-state index contributed by atoms with van der Waals surface area (Å²) in [4.78, 5) is 11.7. The third kappa shape index (κ3) is 6.77. The van der Waals surface area contributed by atoms with Crippen LogP contribution in [-0.2, 0) is 33.2 Å². The minimum atomic E-state index is -1.84. The van der Waals surface area contributed by atoms with E-state index in [1.54, 1.807) is 0 Å². The molecular weight excluding hydrogens is 522 g/mol. The van der Waals surface area contributed by atoms with Gasteiger partial charge in [-0.05, 0) is 0 Å². The summed E-state index contributed by atoms with van der Waals surface area (Å²) in [6.45, 7) is -0.368. The summed E-state index contributed by atoms with van der Waals surface area (Å²) in [6.07, 6.45) is -22.2. The van der Waals surface area contributed by atoms with Crippen LogP contribution in [0, 0.1) is 0 Å². The normalized spacial score (nSPS) is 48.0. The molecule has 3 fully saturated rings. The maximum atomic E-state index is 11.7. The molecule has 1 amide bonds. The lowest BCUT2D eigenvalue weighted by atomic mass is 9.95. The molecule has 3 rings (SSSR count). The van der Waals surface area contributed by atoms with Gasteiger partial charge < -0.3 is 79.7 Å². The number of aliphatic hydroxyl groups is 9. The van der Waals surface area contributed by atoms with E-state index in [0.29, 0.717) is 0 Å². The van der Waals surface area contributed by atoms with Crippen LogP contribution in [0.3, 0.4) is 0 Å². The van der Waals surface area contributed by atoms with Crippen LogP contribution in [0.5, 0.6) is 0 Å². The van der Waals surface area contributed by atoms with Crippen molar-refractivity contribution in [2.24, 2.45) is 0 Å². The molecule has 0 bridgehead atoms. The summed E-state index contributed by atoms with van der Waals surface area (Å²) in [5, 5.41) is 93.6. The quantitative estimate of drug-likeness (QED) is 0.126.